The highest BCUT2D eigenvalue weighted by atomic mass is 19.4. The molecule has 0 amide bonds. The molecule has 1 atom stereocenters. The van der Waals surface area contributed by atoms with Gasteiger partial charge in [0.1, 0.15) is 11.5 Å². The van der Waals surface area contributed by atoms with Crippen molar-refractivity contribution in [2.45, 2.75) is 83.0 Å². The number of imidazole rings is 1. The first-order chi connectivity index (χ1) is 16.0. The molecule has 1 aliphatic carbocycles. The Morgan fingerprint density at radius 3 is 2.26 bits per heavy atom. The van der Waals surface area contributed by atoms with Gasteiger partial charge in [0.05, 0.1) is 18.2 Å². The highest BCUT2D eigenvalue weighted by Gasteiger charge is 2.61. The topological polar surface area (TPSA) is 75.4 Å². The van der Waals surface area contributed by atoms with Crippen LogP contribution in [0.1, 0.15) is 79.7 Å². The number of nitrogens with zero attached hydrogens (tertiary/aromatic N) is 2. The quantitative estimate of drug-likeness (QED) is 0.416. The zero-order valence-electron chi connectivity index (χ0n) is 18.9. The van der Waals surface area contributed by atoms with Gasteiger partial charge in [0.25, 0.3) is 0 Å². The van der Waals surface area contributed by atoms with Crippen LogP contribution in [0, 0.1) is 5.92 Å². The van der Waals surface area contributed by atoms with Crippen molar-refractivity contribution in [2.24, 2.45) is 5.92 Å². The van der Waals surface area contributed by atoms with Gasteiger partial charge in [-0.25, -0.2) is 4.98 Å². The third kappa shape index (κ3) is 5.26. The molecule has 10 heteroatoms. The van der Waals surface area contributed by atoms with Crippen molar-refractivity contribution < 1.29 is 37.0 Å². The predicted molar refractivity (Wildman–Crippen MR) is 115 cm³/mol. The Morgan fingerprint density at radius 1 is 1.15 bits per heavy atom. The van der Waals surface area contributed by atoms with Gasteiger partial charge >= 0.3 is 18.1 Å². The van der Waals surface area contributed by atoms with Gasteiger partial charge in [-0.1, -0.05) is 50.5 Å². The lowest BCUT2D eigenvalue weighted by Gasteiger charge is -2.20. The number of aliphatic carboxylic acids is 1. The first-order valence-corrected chi connectivity index (χ1v) is 11.5. The van der Waals surface area contributed by atoms with E-state index in [0.717, 1.165) is 25.7 Å². The maximum Gasteiger partial charge on any atom is 0.459 e. The van der Waals surface area contributed by atoms with Crippen LogP contribution >= 0.6 is 0 Å². The third-order valence-corrected chi connectivity index (χ3v) is 6.53. The van der Waals surface area contributed by atoms with E-state index in [1.807, 2.05) is 6.92 Å². The van der Waals surface area contributed by atoms with Crippen LogP contribution in [-0.2, 0) is 30.3 Å². The normalized spacial score (nSPS) is 16.2. The van der Waals surface area contributed by atoms with Crippen molar-refractivity contribution in [1.29, 1.82) is 0 Å². The molecule has 0 aliphatic heterocycles. The summed E-state index contributed by atoms with van der Waals surface area (Å²) in [5, 5.41) is 19.4. The summed E-state index contributed by atoms with van der Waals surface area (Å²) in [7, 11) is 0. The summed E-state index contributed by atoms with van der Waals surface area (Å²) in [4.78, 5) is 15.5. The highest BCUT2D eigenvalue weighted by molar-refractivity contribution is 5.76. The average molecular weight is 488 g/mol. The number of alkyl halides is 5. The molecule has 0 bridgehead atoms. The van der Waals surface area contributed by atoms with Gasteiger partial charge in [-0.15, -0.1) is 0 Å². The number of aliphatic hydroxyl groups is 1. The van der Waals surface area contributed by atoms with Gasteiger partial charge in [-0.3, -0.25) is 4.79 Å². The number of halogens is 5. The van der Waals surface area contributed by atoms with E-state index in [1.54, 1.807) is 24.3 Å². The molecular formula is C24H29F5N2O3. The number of carboxylic acids is 1. The van der Waals surface area contributed by atoms with Gasteiger partial charge in [0.2, 0.25) is 0 Å². The summed E-state index contributed by atoms with van der Waals surface area (Å²) in [6, 6.07) is 6.62. The first-order valence-electron chi connectivity index (χ1n) is 11.5. The van der Waals surface area contributed by atoms with E-state index in [0.29, 0.717) is 24.0 Å². The fourth-order valence-corrected chi connectivity index (χ4v) is 4.72. The van der Waals surface area contributed by atoms with Crippen LogP contribution in [-0.4, -0.2) is 31.9 Å². The molecule has 1 unspecified atom stereocenters. The minimum absolute atomic E-state index is 0.0447. The van der Waals surface area contributed by atoms with E-state index in [2.05, 4.69) is 4.98 Å². The minimum atomic E-state index is -5.84. The second kappa shape index (κ2) is 10.4. The predicted octanol–water partition coefficient (Wildman–Crippen LogP) is 5.78. The summed E-state index contributed by atoms with van der Waals surface area (Å²) in [5.74, 6) is -6.65. The number of benzene rings is 1. The molecule has 0 radical (unpaired) electrons. The average Bonchev–Trinajstić information content (AvgIpc) is 3.41. The van der Waals surface area contributed by atoms with E-state index in [-0.39, 0.29) is 24.7 Å². The molecular weight excluding hydrogens is 459 g/mol. The number of unbranched alkanes of at least 4 members (excludes halogenated alkanes) is 1. The molecule has 188 valence electrons. The van der Waals surface area contributed by atoms with Crippen molar-refractivity contribution in [2.75, 3.05) is 0 Å². The van der Waals surface area contributed by atoms with Crippen LogP contribution < -0.4 is 0 Å². The lowest BCUT2D eigenvalue weighted by Crippen LogP contribution is -2.35. The third-order valence-electron chi connectivity index (χ3n) is 6.53. The van der Waals surface area contributed by atoms with Gasteiger partial charge in [-0.2, -0.15) is 22.0 Å². The first kappa shape index (κ1) is 26.1. The van der Waals surface area contributed by atoms with Crippen molar-refractivity contribution in [3.63, 3.8) is 0 Å². The summed E-state index contributed by atoms with van der Waals surface area (Å²) in [6.07, 6.45) is -0.803. The Morgan fingerprint density at radius 2 is 1.76 bits per heavy atom. The number of aliphatic hydroxyl groups excluding tert-OH is 1. The molecule has 1 heterocycles. The lowest BCUT2D eigenvalue weighted by atomic mass is 9.84. The lowest BCUT2D eigenvalue weighted by molar-refractivity contribution is -0.291. The van der Waals surface area contributed by atoms with Crippen molar-refractivity contribution >= 4 is 5.97 Å². The summed E-state index contributed by atoms with van der Waals surface area (Å²) < 4.78 is 68.7. The molecule has 1 aromatic carbocycles. The van der Waals surface area contributed by atoms with E-state index >= 15 is 0 Å². The Kier molecular flexibility index (Phi) is 8.00. The maximum atomic E-state index is 14.2. The van der Waals surface area contributed by atoms with Crippen LogP contribution in [0.4, 0.5) is 22.0 Å². The van der Waals surface area contributed by atoms with Crippen LogP contribution in [0.2, 0.25) is 0 Å². The Balaban J connectivity index is 1.95. The van der Waals surface area contributed by atoms with Crippen molar-refractivity contribution in [3.05, 3.63) is 52.6 Å². The number of aromatic nitrogens is 2. The molecule has 3 rings (SSSR count). The highest BCUT2D eigenvalue weighted by Crippen LogP contribution is 2.45. The molecule has 2 aromatic rings. The van der Waals surface area contributed by atoms with Crippen molar-refractivity contribution in [3.8, 4) is 0 Å². The van der Waals surface area contributed by atoms with E-state index < -0.39 is 42.0 Å². The monoisotopic (exact) mass is 488 g/mol. The van der Waals surface area contributed by atoms with Crippen LogP contribution in [0.3, 0.4) is 0 Å². The molecule has 1 aliphatic rings. The smallest absolute Gasteiger partial charge is 0.459 e. The Bertz CT molecular complexity index is 980. The second-order valence-corrected chi connectivity index (χ2v) is 8.85. The molecule has 0 saturated heterocycles. The largest absolute Gasteiger partial charge is 0.481 e. The Labute approximate surface area is 194 Å². The number of hydrogen-bond donors (Lipinski definition) is 2. The van der Waals surface area contributed by atoms with E-state index in [9.17, 15) is 37.0 Å². The minimum Gasteiger partial charge on any atom is -0.481 e. The number of hydrogen-bond acceptors (Lipinski definition) is 3. The second-order valence-electron chi connectivity index (χ2n) is 8.85. The van der Waals surface area contributed by atoms with Gasteiger partial charge in [0.15, 0.2) is 0 Å². The fraction of sp³-hybridized carbons (Fsp3) is 0.583. The zero-order chi connectivity index (χ0) is 25.1. The molecule has 34 heavy (non-hydrogen) atoms. The van der Waals surface area contributed by atoms with E-state index in [1.165, 1.54) is 4.57 Å². The molecule has 1 saturated carbocycles. The number of carbonyl (C=O) groups is 1. The molecule has 1 fully saturated rings. The van der Waals surface area contributed by atoms with Gasteiger partial charge in [-0.05, 0) is 36.3 Å². The zero-order valence-corrected chi connectivity index (χ0v) is 18.9. The number of aryl methyl sites for hydroxylation is 1. The SMILES string of the molecule is CCCCc1nc(C(F)(F)C(F)(F)F)c(CO)n1Cc1ccc(C(C(=O)O)C2CCCC2)cc1. The summed E-state index contributed by atoms with van der Waals surface area (Å²) in [6.45, 7) is 0.756. The Hall–Kier alpha value is -2.49. The number of rotatable bonds is 10. The van der Waals surface area contributed by atoms with Gasteiger partial charge < -0.3 is 14.8 Å². The molecule has 2 N–H and O–H groups in total. The molecule has 1 aromatic heterocycles. The summed E-state index contributed by atoms with van der Waals surface area (Å²) >= 11 is 0. The van der Waals surface area contributed by atoms with Crippen LogP contribution in [0.5, 0.6) is 0 Å². The molecule has 0 spiro atoms. The standard InChI is InChI=1S/C24H29F5N2O3/c1-2-3-8-19-30-21(23(25,26)24(27,28)29)18(14-32)31(19)13-15-9-11-17(12-10-15)20(22(33)34)16-6-4-5-7-16/h9-12,16,20,32H,2-8,13-14H2,1H3,(H,33,34). The van der Waals surface area contributed by atoms with Crippen LogP contribution in [0.15, 0.2) is 24.3 Å². The maximum absolute atomic E-state index is 14.2. The van der Waals surface area contributed by atoms with Crippen LogP contribution in [0.25, 0.3) is 0 Å². The molecule has 5 nitrogen and oxygen atoms in total. The fourth-order valence-electron chi connectivity index (χ4n) is 4.72. The van der Waals surface area contributed by atoms with E-state index in [4.69, 9.17) is 0 Å². The number of carboxylic acid groups (broad SMARTS) is 1. The summed E-state index contributed by atoms with van der Waals surface area (Å²) in [5.41, 5.74) is -0.845. The van der Waals surface area contributed by atoms with Gasteiger partial charge in [0, 0.05) is 13.0 Å². The van der Waals surface area contributed by atoms with Crippen molar-refractivity contribution in [1.82, 2.24) is 9.55 Å².